The molecule has 0 saturated heterocycles. The molecule has 0 spiro atoms. The van der Waals surface area contributed by atoms with Crippen LogP contribution in [-0.4, -0.2) is 18.9 Å². The molecule has 0 aliphatic rings. The normalized spacial score (nSPS) is 12.0. The lowest BCUT2D eigenvalue weighted by Crippen LogP contribution is -2.20. The summed E-state index contributed by atoms with van der Waals surface area (Å²) in [5, 5.41) is 8.37. The van der Waals surface area contributed by atoms with Crippen molar-refractivity contribution < 1.29 is 23.0 Å². The fourth-order valence-electron chi connectivity index (χ4n) is 2.39. The summed E-state index contributed by atoms with van der Waals surface area (Å²) >= 11 is 1.31. The predicted octanol–water partition coefficient (Wildman–Crippen LogP) is 3.76. The molecular weight excluding hydrogens is 362 g/mol. The Morgan fingerprint density at radius 1 is 1.15 bits per heavy atom. The van der Waals surface area contributed by atoms with Crippen molar-refractivity contribution in [3.63, 3.8) is 0 Å². The number of nitrogens with one attached hydrogen (secondary N) is 1. The minimum atomic E-state index is -1.25. The van der Waals surface area contributed by atoms with Crippen molar-refractivity contribution in [3.05, 3.63) is 64.5 Å². The number of nitrogens with two attached hydrogens (primary N) is 1. The Hall–Kier alpha value is -3.00. The molecule has 134 valence electrons. The van der Waals surface area contributed by atoms with Crippen LogP contribution in [-0.2, 0) is 9.53 Å². The van der Waals surface area contributed by atoms with Crippen LogP contribution in [0.4, 0.5) is 8.78 Å². The molecule has 26 heavy (non-hydrogen) atoms. The lowest BCUT2D eigenvalue weighted by molar-refractivity contribution is -0.149. The van der Waals surface area contributed by atoms with Gasteiger partial charge in [-0.1, -0.05) is 6.07 Å². The molecule has 3 aromatic rings. The topological polar surface area (TPSA) is 85.4 Å². The minimum absolute atomic E-state index is 0.0390. The summed E-state index contributed by atoms with van der Waals surface area (Å²) in [5.41, 5.74) is 5.62. The number of fused-ring (bicyclic) bond motifs is 1. The van der Waals surface area contributed by atoms with E-state index in [1.807, 2.05) is 0 Å². The summed E-state index contributed by atoms with van der Waals surface area (Å²) in [6.07, 6.45) is -1.25. The van der Waals surface area contributed by atoms with Gasteiger partial charge in [0.2, 0.25) is 6.10 Å². The molecule has 0 bridgehead atoms. The highest BCUT2D eigenvalue weighted by Gasteiger charge is 2.25. The van der Waals surface area contributed by atoms with E-state index in [0.717, 1.165) is 22.2 Å². The Morgan fingerprint density at radius 2 is 1.92 bits per heavy atom. The number of ether oxygens (including phenoxy) is 2. The van der Waals surface area contributed by atoms with Crippen LogP contribution < -0.4 is 10.5 Å². The van der Waals surface area contributed by atoms with Crippen LogP contribution in [0.1, 0.15) is 16.5 Å². The number of nitrogen functional groups attached to an aromatic ring is 1. The summed E-state index contributed by atoms with van der Waals surface area (Å²) < 4.78 is 37.9. The maximum Gasteiger partial charge on any atom is 0.351 e. The van der Waals surface area contributed by atoms with E-state index in [4.69, 9.17) is 20.6 Å². The highest BCUT2D eigenvalue weighted by atomic mass is 32.1. The van der Waals surface area contributed by atoms with Gasteiger partial charge in [0.25, 0.3) is 0 Å². The molecule has 0 amide bonds. The van der Waals surface area contributed by atoms with Crippen molar-refractivity contribution in [2.24, 2.45) is 5.73 Å². The Labute approximate surface area is 151 Å². The molecule has 5 nitrogen and oxygen atoms in total. The third-order valence-electron chi connectivity index (χ3n) is 3.67. The van der Waals surface area contributed by atoms with Gasteiger partial charge < -0.3 is 15.2 Å². The number of rotatable bonds is 5. The Bertz CT molecular complexity index is 1000. The zero-order chi connectivity index (χ0) is 18.8. The van der Waals surface area contributed by atoms with Crippen molar-refractivity contribution in [2.45, 2.75) is 6.10 Å². The summed E-state index contributed by atoms with van der Waals surface area (Å²) in [4.78, 5) is 12.7. The summed E-state index contributed by atoms with van der Waals surface area (Å²) in [7, 11) is 1.18. The van der Waals surface area contributed by atoms with Crippen LogP contribution in [0.2, 0.25) is 0 Å². The van der Waals surface area contributed by atoms with Crippen LogP contribution in [0.25, 0.3) is 10.1 Å². The number of benzene rings is 2. The van der Waals surface area contributed by atoms with Gasteiger partial charge in [-0.25, -0.2) is 13.6 Å². The van der Waals surface area contributed by atoms with Crippen molar-refractivity contribution in [3.8, 4) is 5.75 Å². The second-order valence-electron chi connectivity index (χ2n) is 5.42. The van der Waals surface area contributed by atoms with Crippen molar-refractivity contribution >= 4 is 33.2 Å². The molecule has 1 heterocycles. The molecule has 1 atom stereocenters. The first-order valence-corrected chi connectivity index (χ1v) is 8.28. The van der Waals surface area contributed by atoms with Crippen molar-refractivity contribution in [2.75, 3.05) is 7.11 Å². The van der Waals surface area contributed by atoms with E-state index in [-0.39, 0.29) is 11.4 Å². The SMILES string of the molecule is COC(=O)C(Oc1ccc2cc(C(=N)N)sc2c1)c1ccc(F)c(F)c1. The highest BCUT2D eigenvalue weighted by molar-refractivity contribution is 7.20. The molecule has 3 rings (SSSR count). The maximum absolute atomic E-state index is 13.5. The summed E-state index contributed by atoms with van der Waals surface area (Å²) in [6, 6.07) is 9.93. The number of carbonyl (C=O) groups excluding carboxylic acids is 1. The number of hydrogen-bond acceptors (Lipinski definition) is 5. The molecular formula is C18H14F2N2O3S. The number of carbonyl (C=O) groups is 1. The van der Waals surface area contributed by atoms with Gasteiger partial charge in [0.05, 0.1) is 12.0 Å². The van der Waals surface area contributed by atoms with E-state index < -0.39 is 23.7 Å². The molecule has 2 aromatic carbocycles. The van der Waals surface area contributed by atoms with Crippen LogP contribution in [0.3, 0.4) is 0 Å². The molecule has 8 heteroatoms. The van der Waals surface area contributed by atoms with Gasteiger partial charge in [-0.3, -0.25) is 5.41 Å². The monoisotopic (exact) mass is 376 g/mol. The van der Waals surface area contributed by atoms with E-state index in [9.17, 15) is 13.6 Å². The summed E-state index contributed by atoms with van der Waals surface area (Å²) in [5.74, 6) is -2.54. The average Bonchev–Trinajstić information content (AvgIpc) is 3.05. The molecule has 0 saturated carbocycles. The number of thiophene rings is 1. The first kappa shape index (κ1) is 17.8. The third kappa shape index (κ3) is 3.50. The second kappa shape index (κ2) is 7.09. The van der Waals surface area contributed by atoms with E-state index in [1.165, 1.54) is 24.5 Å². The molecule has 0 aliphatic carbocycles. The molecule has 1 unspecified atom stereocenters. The quantitative estimate of drug-likeness (QED) is 0.403. The van der Waals surface area contributed by atoms with Gasteiger partial charge in [0.15, 0.2) is 11.6 Å². The van der Waals surface area contributed by atoms with E-state index in [2.05, 4.69) is 0 Å². The number of esters is 1. The van der Waals surface area contributed by atoms with E-state index >= 15 is 0 Å². The largest absolute Gasteiger partial charge is 0.474 e. The smallest absolute Gasteiger partial charge is 0.351 e. The van der Waals surface area contributed by atoms with Gasteiger partial charge in [-0.05, 0) is 41.8 Å². The van der Waals surface area contributed by atoms with Gasteiger partial charge in [-0.2, -0.15) is 0 Å². The van der Waals surface area contributed by atoms with E-state index in [0.29, 0.717) is 10.6 Å². The van der Waals surface area contributed by atoms with Gasteiger partial charge in [-0.15, -0.1) is 11.3 Å². The fraction of sp³-hybridized carbons (Fsp3) is 0.111. The number of amidine groups is 1. The third-order valence-corrected chi connectivity index (χ3v) is 4.80. The first-order chi connectivity index (χ1) is 12.4. The number of methoxy groups -OCH3 is 1. The highest BCUT2D eigenvalue weighted by Crippen LogP contribution is 2.31. The van der Waals surface area contributed by atoms with Crippen LogP contribution >= 0.6 is 11.3 Å². The molecule has 1 aromatic heterocycles. The maximum atomic E-state index is 13.5. The average molecular weight is 376 g/mol. The molecule has 0 radical (unpaired) electrons. The first-order valence-electron chi connectivity index (χ1n) is 7.46. The fourth-order valence-corrected chi connectivity index (χ4v) is 3.34. The summed E-state index contributed by atoms with van der Waals surface area (Å²) in [6.45, 7) is 0. The predicted molar refractivity (Wildman–Crippen MR) is 94.6 cm³/mol. The van der Waals surface area contributed by atoms with Crippen LogP contribution in [0, 0.1) is 17.0 Å². The minimum Gasteiger partial charge on any atom is -0.474 e. The lowest BCUT2D eigenvalue weighted by Gasteiger charge is -2.17. The van der Waals surface area contributed by atoms with Gasteiger partial charge in [0, 0.05) is 10.3 Å². The zero-order valence-corrected chi connectivity index (χ0v) is 14.4. The van der Waals surface area contributed by atoms with Gasteiger partial charge in [0.1, 0.15) is 11.6 Å². The number of halogens is 2. The molecule has 0 aliphatic heterocycles. The standard InChI is InChI=1S/C18H14F2N2O3S/c1-24-18(23)16(10-3-5-12(19)13(20)6-10)25-11-4-2-9-7-15(17(21)22)26-14(9)8-11/h2-8,16H,1H3,(H3,21,22). The second-order valence-corrected chi connectivity index (χ2v) is 6.50. The van der Waals surface area contributed by atoms with E-state index in [1.54, 1.807) is 24.3 Å². The lowest BCUT2D eigenvalue weighted by atomic mass is 10.1. The Kier molecular flexibility index (Phi) is 4.85. The number of hydrogen-bond donors (Lipinski definition) is 2. The Balaban J connectivity index is 1.95. The molecule has 0 fully saturated rings. The van der Waals surface area contributed by atoms with Crippen molar-refractivity contribution in [1.29, 1.82) is 5.41 Å². The zero-order valence-electron chi connectivity index (χ0n) is 13.6. The van der Waals surface area contributed by atoms with Crippen molar-refractivity contribution in [1.82, 2.24) is 0 Å². The van der Waals surface area contributed by atoms with Crippen LogP contribution in [0.15, 0.2) is 42.5 Å². The van der Waals surface area contributed by atoms with Gasteiger partial charge >= 0.3 is 5.97 Å². The molecule has 3 N–H and O–H groups in total. The Morgan fingerprint density at radius 3 is 2.58 bits per heavy atom. The van der Waals surface area contributed by atoms with Crippen LogP contribution in [0.5, 0.6) is 5.75 Å².